The molecule has 1 aliphatic rings. The number of methoxy groups -OCH3 is 1. The molecular weight excluding hydrogens is 212 g/mol. The van der Waals surface area contributed by atoms with Gasteiger partial charge in [0.2, 0.25) is 0 Å². The van der Waals surface area contributed by atoms with Gasteiger partial charge in [-0.15, -0.1) is 0 Å². The molecule has 2 aromatic carbocycles. The van der Waals surface area contributed by atoms with Crippen molar-refractivity contribution in [1.82, 2.24) is 0 Å². The summed E-state index contributed by atoms with van der Waals surface area (Å²) in [5.74, 6) is 0.911. The van der Waals surface area contributed by atoms with Crippen LogP contribution in [-0.4, -0.2) is 13.9 Å². The smallest absolute Gasteiger partial charge is 0.188 e. The molecule has 1 aliphatic carbocycles. The molecule has 0 unspecified atom stereocenters. The van der Waals surface area contributed by atoms with Gasteiger partial charge in [0, 0.05) is 12.7 Å². The zero-order chi connectivity index (χ0) is 11.7. The van der Waals surface area contributed by atoms with E-state index >= 15 is 0 Å². The standard InChI is InChI=1S/C15H14O2/c1-16-10-17-14-8-4-6-12-9-11-5-2-3-7-13(11)15(12)14/h2-8H,9-10H2,1H3. The van der Waals surface area contributed by atoms with Crippen molar-refractivity contribution in [2.24, 2.45) is 0 Å². The Morgan fingerprint density at radius 2 is 1.82 bits per heavy atom. The van der Waals surface area contributed by atoms with Crippen molar-refractivity contribution in [1.29, 1.82) is 0 Å². The van der Waals surface area contributed by atoms with Crippen LogP contribution in [0.5, 0.6) is 5.75 Å². The van der Waals surface area contributed by atoms with Crippen molar-refractivity contribution in [3.8, 4) is 16.9 Å². The summed E-state index contributed by atoms with van der Waals surface area (Å²) in [5, 5.41) is 0. The summed E-state index contributed by atoms with van der Waals surface area (Å²) in [6.45, 7) is 0.290. The maximum Gasteiger partial charge on any atom is 0.188 e. The molecule has 86 valence electrons. The van der Waals surface area contributed by atoms with Crippen molar-refractivity contribution in [3.63, 3.8) is 0 Å². The van der Waals surface area contributed by atoms with Gasteiger partial charge in [0.1, 0.15) is 5.75 Å². The number of hydrogen-bond donors (Lipinski definition) is 0. The van der Waals surface area contributed by atoms with Crippen molar-refractivity contribution < 1.29 is 9.47 Å². The Balaban J connectivity index is 2.09. The Kier molecular flexibility index (Phi) is 2.57. The van der Waals surface area contributed by atoms with Gasteiger partial charge in [0.05, 0.1) is 0 Å². The van der Waals surface area contributed by atoms with Crippen molar-refractivity contribution in [2.75, 3.05) is 13.9 Å². The van der Waals surface area contributed by atoms with Gasteiger partial charge in [-0.2, -0.15) is 0 Å². The van der Waals surface area contributed by atoms with Crippen LogP contribution in [0.25, 0.3) is 11.1 Å². The topological polar surface area (TPSA) is 18.5 Å². The van der Waals surface area contributed by atoms with Crippen LogP contribution in [0.4, 0.5) is 0 Å². The van der Waals surface area contributed by atoms with Crippen molar-refractivity contribution >= 4 is 0 Å². The molecule has 0 saturated heterocycles. The van der Waals surface area contributed by atoms with Gasteiger partial charge in [-0.25, -0.2) is 0 Å². The van der Waals surface area contributed by atoms with E-state index < -0.39 is 0 Å². The van der Waals surface area contributed by atoms with Crippen molar-refractivity contribution in [3.05, 3.63) is 53.6 Å². The molecule has 17 heavy (non-hydrogen) atoms. The molecule has 0 bridgehead atoms. The third-order valence-electron chi connectivity index (χ3n) is 3.11. The largest absolute Gasteiger partial charge is 0.467 e. The Hall–Kier alpha value is -1.80. The van der Waals surface area contributed by atoms with E-state index in [-0.39, 0.29) is 0 Å². The average molecular weight is 226 g/mol. The molecule has 0 fully saturated rings. The predicted molar refractivity (Wildman–Crippen MR) is 67.2 cm³/mol. The summed E-state index contributed by atoms with van der Waals surface area (Å²) >= 11 is 0. The average Bonchev–Trinajstić information content (AvgIpc) is 2.75. The fraction of sp³-hybridized carbons (Fsp3) is 0.200. The lowest BCUT2D eigenvalue weighted by Crippen LogP contribution is -2.00. The molecule has 0 aliphatic heterocycles. The minimum Gasteiger partial charge on any atom is -0.467 e. The summed E-state index contributed by atoms with van der Waals surface area (Å²) in [5.41, 5.74) is 5.21. The Labute approximate surface area is 101 Å². The minimum atomic E-state index is 0.290. The summed E-state index contributed by atoms with van der Waals surface area (Å²) in [6, 6.07) is 14.7. The van der Waals surface area contributed by atoms with Crippen LogP contribution in [0.1, 0.15) is 11.1 Å². The minimum absolute atomic E-state index is 0.290. The molecule has 0 spiro atoms. The number of hydrogen-bond acceptors (Lipinski definition) is 2. The lowest BCUT2D eigenvalue weighted by atomic mass is 10.1. The van der Waals surface area contributed by atoms with E-state index in [2.05, 4.69) is 30.3 Å². The molecule has 0 radical (unpaired) electrons. The molecule has 0 atom stereocenters. The Bertz CT molecular complexity index is 546. The van der Waals surface area contributed by atoms with E-state index in [1.807, 2.05) is 12.1 Å². The first kappa shape index (κ1) is 10.4. The van der Waals surface area contributed by atoms with E-state index in [4.69, 9.17) is 9.47 Å². The summed E-state index contributed by atoms with van der Waals surface area (Å²) in [4.78, 5) is 0. The van der Waals surface area contributed by atoms with E-state index in [1.54, 1.807) is 7.11 Å². The van der Waals surface area contributed by atoms with Crippen LogP contribution < -0.4 is 4.74 Å². The summed E-state index contributed by atoms with van der Waals surface area (Å²) in [6.07, 6.45) is 0.996. The van der Waals surface area contributed by atoms with Crippen LogP contribution in [0.3, 0.4) is 0 Å². The van der Waals surface area contributed by atoms with Crippen LogP contribution >= 0.6 is 0 Å². The molecular formula is C15H14O2. The summed E-state index contributed by atoms with van der Waals surface area (Å²) in [7, 11) is 1.64. The van der Waals surface area contributed by atoms with Gasteiger partial charge in [-0.1, -0.05) is 36.4 Å². The van der Waals surface area contributed by atoms with Gasteiger partial charge in [0.15, 0.2) is 6.79 Å². The van der Waals surface area contributed by atoms with E-state index in [9.17, 15) is 0 Å². The third-order valence-corrected chi connectivity index (χ3v) is 3.11. The third kappa shape index (κ3) is 1.71. The predicted octanol–water partition coefficient (Wildman–Crippen LogP) is 3.24. The molecule has 0 amide bonds. The second kappa shape index (κ2) is 4.22. The lowest BCUT2D eigenvalue weighted by molar-refractivity contribution is 0.0515. The van der Waals surface area contributed by atoms with Gasteiger partial charge >= 0.3 is 0 Å². The fourth-order valence-corrected chi connectivity index (χ4v) is 2.40. The zero-order valence-electron chi connectivity index (χ0n) is 9.77. The van der Waals surface area contributed by atoms with Gasteiger partial charge < -0.3 is 9.47 Å². The van der Waals surface area contributed by atoms with Crippen LogP contribution in [0.2, 0.25) is 0 Å². The van der Waals surface area contributed by atoms with Gasteiger partial charge in [-0.3, -0.25) is 0 Å². The zero-order valence-corrected chi connectivity index (χ0v) is 9.77. The number of fused-ring (bicyclic) bond motifs is 3. The highest BCUT2D eigenvalue weighted by Crippen LogP contribution is 2.42. The fourth-order valence-electron chi connectivity index (χ4n) is 2.40. The monoisotopic (exact) mass is 226 g/mol. The van der Waals surface area contributed by atoms with Crippen LogP contribution in [-0.2, 0) is 11.2 Å². The number of ether oxygens (including phenoxy) is 2. The van der Waals surface area contributed by atoms with E-state index in [0.717, 1.165) is 12.2 Å². The van der Waals surface area contributed by atoms with Crippen molar-refractivity contribution in [2.45, 2.75) is 6.42 Å². The first-order chi connectivity index (χ1) is 8.40. The SMILES string of the molecule is COCOc1cccc2c1-c1ccccc1C2. The maximum absolute atomic E-state index is 5.63. The number of benzene rings is 2. The molecule has 0 saturated carbocycles. The number of rotatable bonds is 3. The molecule has 2 aromatic rings. The highest BCUT2D eigenvalue weighted by Gasteiger charge is 2.21. The molecule has 0 heterocycles. The normalized spacial score (nSPS) is 12.1. The second-order valence-corrected chi connectivity index (χ2v) is 4.18. The molecule has 0 aromatic heterocycles. The Morgan fingerprint density at radius 3 is 2.71 bits per heavy atom. The first-order valence-electron chi connectivity index (χ1n) is 5.72. The van der Waals surface area contributed by atoms with E-state index in [1.165, 1.54) is 22.3 Å². The van der Waals surface area contributed by atoms with Gasteiger partial charge in [-0.05, 0) is 29.2 Å². The van der Waals surface area contributed by atoms with Gasteiger partial charge in [0.25, 0.3) is 0 Å². The second-order valence-electron chi connectivity index (χ2n) is 4.18. The quantitative estimate of drug-likeness (QED) is 0.638. The molecule has 2 nitrogen and oxygen atoms in total. The molecule has 0 N–H and O–H groups in total. The summed E-state index contributed by atoms with van der Waals surface area (Å²) < 4.78 is 10.6. The molecule has 2 heteroatoms. The lowest BCUT2D eigenvalue weighted by Gasteiger charge is -2.10. The molecule has 3 rings (SSSR count). The van der Waals surface area contributed by atoms with E-state index in [0.29, 0.717) is 6.79 Å². The highest BCUT2D eigenvalue weighted by molar-refractivity contribution is 5.81. The highest BCUT2D eigenvalue weighted by atomic mass is 16.7. The van der Waals surface area contributed by atoms with Crippen LogP contribution in [0.15, 0.2) is 42.5 Å². The Morgan fingerprint density at radius 1 is 1.00 bits per heavy atom. The maximum atomic E-state index is 5.63. The van der Waals surface area contributed by atoms with Crippen LogP contribution in [0, 0.1) is 0 Å². The first-order valence-corrected chi connectivity index (χ1v) is 5.72.